The number of carbonyl (C=O) groups excluding carboxylic acids is 1. The molecule has 0 spiro atoms. The van der Waals surface area contributed by atoms with Gasteiger partial charge in [0.25, 0.3) is 0 Å². The zero-order valence-corrected chi connectivity index (χ0v) is 20.1. The van der Waals surface area contributed by atoms with Crippen molar-refractivity contribution in [2.24, 2.45) is 5.92 Å². The monoisotopic (exact) mass is 508 g/mol. The topological polar surface area (TPSA) is 112 Å². The van der Waals surface area contributed by atoms with Crippen LogP contribution in [0.4, 0.5) is 29.5 Å². The second kappa shape index (κ2) is 11.4. The SMILES string of the molecule is Cc1ccc(NC(=O)N2CCC(CC(F)(F)F)C2)cc1-c1cc(NCCO)nc(C2CNCCO2)n1. The predicted octanol–water partition coefficient (Wildman–Crippen LogP) is 3.32. The summed E-state index contributed by atoms with van der Waals surface area (Å²) in [5.41, 5.74) is 2.82. The molecule has 196 valence electrons. The molecule has 0 saturated carbocycles. The molecule has 2 atom stereocenters. The largest absolute Gasteiger partial charge is 0.395 e. The molecular weight excluding hydrogens is 477 g/mol. The lowest BCUT2D eigenvalue weighted by atomic mass is 10.0. The van der Waals surface area contributed by atoms with E-state index in [1.165, 1.54) is 4.90 Å². The Morgan fingerprint density at radius 2 is 2.14 bits per heavy atom. The molecule has 0 bridgehead atoms. The number of likely N-dealkylation sites (tertiary alicyclic amines) is 1. The Labute approximate surface area is 207 Å². The average molecular weight is 509 g/mol. The van der Waals surface area contributed by atoms with E-state index in [1.54, 1.807) is 18.2 Å². The first-order valence-electron chi connectivity index (χ1n) is 12.0. The van der Waals surface area contributed by atoms with Gasteiger partial charge in [-0.2, -0.15) is 13.2 Å². The van der Waals surface area contributed by atoms with Crippen LogP contribution in [-0.2, 0) is 4.74 Å². The number of alkyl halides is 3. The molecule has 2 aliphatic heterocycles. The fourth-order valence-electron chi connectivity index (χ4n) is 4.44. The van der Waals surface area contributed by atoms with Gasteiger partial charge in [0.1, 0.15) is 11.9 Å². The number of morpholine rings is 1. The maximum absolute atomic E-state index is 12.7. The third-order valence-corrected chi connectivity index (χ3v) is 6.23. The minimum absolute atomic E-state index is 0.0585. The van der Waals surface area contributed by atoms with Crippen LogP contribution >= 0.6 is 0 Å². The van der Waals surface area contributed by atoms with E-state index >= 15 is 0 Å². The maximum Gasteiger partial charge on any atom is 0.389 e. The van der Waals surface area contributed by atoms with Gasteiger partial charge in [0, 0.05) is 56.5 Å². The van der Waals surface area contributed by atoms with Crippen LogP contribution in [0.15, 0.2) is 24.3 Å². The van der Waals surface area contributed by atoms with Crippen LogP contribution in [0, 0.1) is 12.8 Å². The van der Waals surface area contributed by atoms with Crippen molar-refractivity contribution in [1.29, 1.82) is 0 Å². The molecule has 2 aliphatic rings. The minimum Gasteiger partial charge on any atom is -0.395 e. The third kappa shape index (κ3) is 6.83. The van der Waals surface area contributed by atoms with Crippen molar-refractivity contribution in [1.82, 2.24) is 20.2 Å². The highest BCUT2D eigenvalue weighted by atomic mass is 19.4. The summed E-state index contributed by atoms with van der Waals surface area (Å²) in [5, 5.41) is 18.4. The molecule has 1 aromatic heterocycles. The molecule has 4 N–H and O–H groups in total. The summed E-state index contributed by atoms with van der Waals surface area (Å²) in [7, 11) is 0. The summed E-state index contributed by atoms with van der Waals surface area (Å²) >= 11 is 0. The Kier molecular flexibility index (Phi) is 8.27. The van der Waals surface area contributed by atoms with E-state index in [1.807, 2.05) is 13.0 Å². The summed E-state index contributed by atoms with van der Waals surface area (Å²) in [6.07, 6.45) is -5.11. The van der Waals surface area contributed by atoms with Crippen molar-refractivity contribution in [2.45, 2.75) is 32.0 Å². The minimum atomic E-state index is -4.23. The Morgan fingerprint density at radius 1 is 1.31 bits per heavy atom. The molecule has 2 fully saturated rings. The van der Waals surface area contributed by atoms with Gasteiger partial charge in [-0.3, -0.25) is 0 Å². The van der Waals surface area contributed by atoms with Crippen LogP contribution in [-0.4, -0.2) is 78.1 Å². The van der Waals surface area contributed by atoms with Crippen LogP contribution in [0.25, 0.3) is 11.3 Å². The van der Waals surface area contributed by atoms with Crippen molar-refractivity contribution in [3.8, 4) is 11.3 Å². The van der Waals surface area contributed by atoms with Gasteiger partial charge in [-0.1, -0.05) is 6.07 Å². The number of aliphatic hydroxyl groups is 1. The molecule has 0 radical (unpaired) electrons. The quantitative estimate of drug-likeness (QED) is 0.454. The van der Waals surface area contributed by atoms with Gasteiger partial charge in [0.15, 0.2) is 5.82 Å². The second-order valence-electron chi connectivity index (χ2n) is 9.09. The highest BCUT2D eigenvalue weighted by Crippen LogP contribution is 2.32. The molecule has 2 amide bonds. The Bertz CT molecular complexity index is 1060. The van der Waals surface area contributed by atoms with Gasteiger partial charge in [-0.05, 0) is 37.0 Å². The van der Waals surface area contributed by atoms with Crippen LogP contribution < -0.4 is 16.0 Å². The van der Waals surface area contributed by atoms with E-state index in [9.17, 15) is 23.1 Å². The molecular formula is C24H31F3N6O3. The van der Waals surface area contributed by atoms with E-state index in [4.69, 9.17) is 9.72 Å². The standard InChI is InChI=1S/C24H31F3N6O3/c1-15-2-3-17(30-23(35)33-7-4-16(14-33)12-24(25,26)27)10-18(15)19-11-21(29-5-8-34)32-22(31-19)20-13-28-6-9-36-20/h2-3,10-11,16,20,28,34H,4-9,12-14H2,1H3,(H,30,35)(H,29,31,32). The number of carbonyl (C=O) groups is 1. The number of aliphatic hydroxyl groups excluding tert-OH is 1. The number of halogens is 3. The van der Waals surface area contributed by atoms with Crippen LogP contribution in [0.2, 0.25) is 0 Å². The molecule has 1 aromatic carbocycles. The van der Waals surface area contributed by atoms with Crippen molar-refractivity contribution in [3.05, 3.63) is 35.7 Å². The van der Waals surface area contributed by atoms with E-state index < -0.39 is 24.5 Å². The number of aryl methyl sites for hydroxylation is 1. The number of benzene rings is 1. The van der Waals surface area contributed by atoms with E-state index in [2.05, 4.69) is 20.9 Å². The molecule has 2 saturated heterocycles. The van der Waals surface area contributed by atoms with Crippen molar-refractivity contribution in [3.63, 3.8) is 0 Å². The predicted molar refractivity (Wildman–Crippen MR) is 129 cm³/mol. The first kappa shape index (κ1) is 26.1. The first-order valence-corrected chi connectivity index (χ1v) is 12.0. The highest BCUT2D eigenvalue weighted by Gasteiger charge is 2.36. The van der Waals surface area contributed by atoms with Gasteiger partial charge in [-0.15, -0.1) is 0 Å². The number of amides is 2. The number of urea groups is 1. The lowest BCUT2D eigenvalue weighted by molar-refractivity contribution is -0.143. The van der Waals surface area contributed by atoms with Crippen LogP contribution in [0.5, 0.6) is 0 Å². The van der Waals surface area contributed by atoms with Crippen LogP contribution in [0.1, 0.15) is 30.3 Å². The van der Waals surface area contributed by atoms with Crippen molar-refractivity contribution < 1.29 is 27.8 Å². The van der Waals surface area contributed by atoms with Crippen molar-refractivity contribution >= 4 is 17.5 Å². The molecule has 12 heteroatoms. The number of ether oxygens (including phenoxy) is 1. The Hall–Kier alpha value is -2.96. The summed E-state index contributed by atoms with van der Waals surface area (Å²) in [6.45, 7) is 4.41. The number of nitrogens with one attached hydrogen (secondary N) is 3. The van der Waals surface area contributed by atoms with Gasteiger partial charge in [0.05, 0.1) is 18.9 Å². The van der Waals surface area contributed by atoms with Gasteiger partial charge < -0.3 is 30.7 Å². The fraction of sp³-hybridized carbons (Fsp3) is 0.542. The van der Waals surface area contributed by atoms with E-state index in [0.717, 1.165) is 17.7 Å². The van der Waals surface area contributed by atoms with Gasteiger partial charge >= 0.3 is 12.2 Å². The molecule has 4 rings (SSSR count). The second-order valence-corrected chi connectivity index (χ2v) is 9.09. The smallest absolute Gasteiger partial charge is 0.389 e. The number of aromatic nitrogens is 2. The van der Waals surface area contributed by atoms with Gasteiger partial charge in [-0.25, -0.2) is 14.8 Å². The number of anilines is 2. The number of hydrogen-bond acceptors (Lipinski definition) is 7. The maximum atomic E-state index is 12.7. The average Bonchev–Trinajstić information content (AvgIpc) is 3.31. The highest BCUT2D eigenvalue weighted by molar-refractivity contribution is 5.90. The molecule has 2 unspecified atom stereocenters. The summed E-state index contributed by atoms with van der Waals surface area (Å²) < 4.78 is 44.0. The zero-order chi connectivity index (χ0) is 25.7. The third-order valence-electron chi connectivity index (χ3n) is 6.23. The fourth-order valence-corrected chi connectivity index (χ4v) is 4.44. The van der Waals surface area contributed by atoms with Crippen molar-refractivity contribution in [2.75, 3.05) is 56.6 Å². The number of nitrogens with zero attached hydrogens (tertiary/aromatic N) is 3. The Morgan fingerprint density at radius 3 is 2.86 bits per heavy atom. The first-order chi connectivity index (χ1) is 17.2. The molecule has 3 heterocycles. The lowest BCUT2D eigenvalue weighted by Gasteiger charge is -2.23. The normalized spacial score (nSPS) is 20.4. The van der Waals surface area contributed by atoms with Gasteiger partial charge in [0.2, 0.25) is 0 Å². The lowest BCUT2D eigenvalue weighted by Crippen LogP contribution is -2.34. The molecule has 2 aromatic rings. The molecule has 0 aliphatic carbocycles. The summed E-state index contributed by atoms with van der Waals surface area (Å²) in [6, 6.07) is 6.73. The molecule has 9 nitrogen and oxygen atoms in total. The summed E-state index contributed by atoms with van der Waals surface area (Å²) in [5.74, 6) is 0.465. The number of hydrogen-bond donors (Lipinski definition) is 4. The Balaban J connectivity index is 1.53. The number of rotatable bonds is 7. The zero-order valence-electron chi connectivity index (χ0n) is 20.1. The molecule has 36 heavy (non-hydrogen) atoms. The van der Waals surface area contributed by atoms with E-state index in [-0.39, 0.29) is 25.8 Å². The van der Waals surface area contributed by atoms with E-state index in [0.29, 0.717) is 49.1 Å². The summed E-state index contributed by atoms with van der Waals surface area (Å²) in [4.78, 5) is 23.4. The van der Waals surface area contributed by atoms with Crippen LogP contribution in [0.3, 0.4) is 0 Å².